The summed E-state index contributed by atoms with van der Waals surface area (Å²) in [7, 11) is 0. The second-order valence-corrected chi connectivity index (χ2v) is 4.31. The van der Waals surface area contributed by atoms with E-state index in [-0.39, 0.29) is 5.56 Å². The molecule has 0 unspecified atom stereocenters. The molecule has 0 spiro atoms. The molecule has 11 heteroatoms. The van der Waals surface area contributed by atoms with Crippen LogP contribution in [0, 0.1) is 17.0 Å². The van der Waals surface area contributed by atoms with E-state index in [1.54, 1.807) is 0 Å². The van der Waals surface area contributed by atoms with Crippen molar-refractivity contribution in [3.63, 3.8) is 0 Å². The van der Waals surface area contributed by atoms with Crippen LogP contribution in [0.25, 0.3) is 0 Å². The Morgan fingerprint density at radius 2 is 1.81 bits per heavy atom. The minimum atomic E-state index is -6.06. The molecular weight excluding hydrogens is 327 g/mol. The molecule has 1 aromatic carbocycles. The fourth-order valence-corrected chi connectivity index (χ4v) is 1.50. The molecule has 0 saturated carbocycles. The van der Waals surface area contributed by atoms with Crippen LogP contribution in [0.2, 0.25) is 5.02 Å². The number of aryl methyl sites for hydroxylation is 1. The lowest BCUT2D eigenvalue weighted by atomic mass is 10.1. The number of nitro groups is 1. The first-order valence-corrected chi connectivity index (χ1v) is 5.46. The van der Waals surface area contributed by atoms with E-state index >= 15 is 0 Å². The average molecular weight is 333 g/mol. The highest BCUT2D eigenvalue weighted by Crippen LogP contribution is 2.37. The average Bonchev–Trinajstić information content (AvgIpc) is 2.31. The van der Waals surface area contributed by atoms with Crippen molar-refractivity contribution in [3.8, 4) is 0 Å². The summed E-state index contributed by atoms with van der Waals surface area (Å²) < 4.78 is 61.6. The number of anilines is 1. The number of carbonyl (C=O) groups excluding carboxylic acids is 1. The molecule has 0 atom stereocenters. The zero-order valence-electron chi connectivity index (χ0n) is 10.1. The van der Waals surface area contributed by atoms with Crippen LogP contribution in [0.15, 0.2) is 12.1 Å². The number of nitrogens with zero attached hydrogens (tertiary/aromatic N) is 1. The lowest BCUT2D eigenvalue weighted by molar-refractivity contribution is -0.384. The van der Waals surface area contributed by atoms with Crippen molar-refractivity contribution >= 4 is 28.9 Å². The van der Waals surface area contributed by atoms with E-state index in [2.05, 4.69) is 0 Å². The standard InChI is InChI=1S/C10H6ClF5N2O3/c1-4-2-7(18(20)21)5(11)3-6(4)17-8(19)9(12,13)10(14,15)16/h2-3H,1H3,(H,17,19). The van der Waals surface area contributed by atoms with E-state index in [0.717, 1.165) is 12.1 Å². The van der Waals surface area contributed by atoms with E-state index in [0.29, 0.717) is 0 Å². The first-order chi connectivity index (χ1) is 9.37. The Bertz CT molecular complexity index is 603. The normalized spacial score (nSPS) is 12.1. The summed E-state index contributed by atoms with van der Waals surface area (Å²) in [5.41, 5.74) is -1.16. The Labute approximate surface area is 118 Å². The van der Waals surface area contributed by atoms with Crippen LogP contribution in [0.5, 0.6) is 0 Å². The maximum absolute atomic E-state index is 12.8. The highest BCUT2D eigenvalue weighted by atomic mass is 35.5. The molecule has 0 fully saturated rings. The van der Waals surface area contributed by atoms with Crippen LogP contribution in [-0.4, -0.2) is 22.9 Å². The number of halogens is 6. The van der Waals surface area contributed by atoms with Crippen LogP contribution in [-0.2, 0) is 4.79 Å². The van der Waals surface area contributed by atoms with Gasteiger partial charge in [0.05, 0.1) is 4.92 Å². The Morgan fingerprint density at radius 3 is 2.24 bits per heavy atom. The van der Waals surface area contributed by atoms with Crippen LogP contribution < -0.4 is 5.32 Å². The summed E-state index contributed by atoms with van der Waals surface area (Å²) in [5.74, 6) is -8.21. The first-order valence-electron chi connectivity index (χ1n) is 5.08. The van der Waals surface area contributed by atoms with Crippen LogP contribution in [0.4, 0.5) is 33.3 Å². The molecule has 116 valence electrons. The molecular formula is C10H6ClF5N2O3. The summed E-state index contributed by atoms with van der Waals surface area (Å²) in [6, 6.07) is 1.56. The first kappa shape index (κ1) is 17.1. The fourth-order valence-electron chi connectivity index (χ4n) is 1.27. The molecule has 1 amide bonds. The largest absolute Gasteiger partial charge is 0.463 e. The number of nitrogens with one attached hydrogen (secondary N) is 1. The summed E-state index contributed by atoms with van der Waals surface area (Å²) in [5, 5.41) is 11.4. The fraction of sp³-hybridized carbons (Fsp3) is 0.300. The van der Waals surface area contributed by atoms with Crippen molar-refractivity contribution in [2.75, 3.05) is 5.32 Å². The minimum Gasteiger partial charge on any atom is -0.320 e. The Morgan fingerprint density at radius 1 is 1.29 bits per heavy atom. The van der Waals surface area contributed by atoms with Crippen LogP contribution >= 0.6 is 11.6 Å². The van der Waals surface area contributed by atoms with E-state index in [1.165, 1.54) is 12.2 Å². The molecule has 0 aliphatic rings. The highest BCUT2D eigenvalue weighted by molar-refractivity contribution is 6.33. The SMILES string of the molecule is Cc1cc([N+](=O)[O-])c(Cl)cc1NC(=O)C(F)(F)C(F)(F)F. The van der Waals surface area contributed by atoms with Gasteiger partial charge in [0, 0.05) is 11.8 Å². The molecule has 21 heavy (non-hydrogen) atoms. The van der Waals surface area contributed by atoms with E-state index < -0.39 is 39.3 Å². The van der Waals surface area contributed by atoms with Gasteiger partial charge in [0.1, 0.15) is 5.02 Å². The minimum absolute atomic E-state index is 0.0996. The molecule has 1 N–H and O–H groups in total. The van der Waals surface area contributed by atoms with Crippen LogP contribution in [0.1, 0.15) is 5.56 Å². The number of amides is 1. The third kappa shape index (κ3) is 3.38. The van der Waals surface area contributed by atoms with E-state index in [4.69, 9.17) is 11.6 Å². The molecule has 0 radical (unpaired) electrons. The van der Waals surface area contributed by atoms with Crippen molar-refractivity contribution in [1.82, 2.24) is 0 Å². The summed E-state index contributed by atoms with van der Waals surface area (Å²) in [4.78, 5) is 20.7. The number of carbonyl (C=O) groups is 1. The van der Waals surface area contributed by atoms with E-state index in [9.17, 15) is 36.9 Å². The summed E-state index contributed by atoms with van der Waals surface area (Å²) >= 11 is 5.48. The number of rotatable bonds is 3. The molecule has 1 rings (SSSR count). The number of nitro benzene ring substituents is 1. The van der Waals surface area contributed by atoms with Gasteiger partial charge in [-0.3, -0.25) is 14.9 Å². The van der Waals surface area contributed by atoms with E-state index in [1.807, 2.05) is 0 Å². The number of hydrogen-bond acceptors (Lipinski definition) is 3. The van der Waals surface area contributed by atoms with Gasteiger partial charge in [-0.25, -0.2) is 0 Å². The zero-order chi connectivity index (χ0) is 16.6. The Kier molecular flexibility index (Phi) is 4.42. The van der Waals surface area contributed by atoms with Crippen molar-refractivity contribution in [3.05, 3.63) is 32.8 Å². The third-order valence-corrected chi connectivity index (χ3v) is 2.68. The van der Waals surface area contributed by atoms with Gasteiger partial charge in [-0.05, 0) is 18.6 Å². The monoisotopic (exact) mass is 332 g/mol. The molecule has 0 heterocycles. The second kappa shape index (κ2) is 5.43. The quantitative estimate of drug-likeness (QED) is 0.521. The van der Waals surface area contributed by atoms with Crippen molar-refractivity contribution in [2.24, 2.45) is 0 Å². The number of hydrogen-bond donors (Lipinski definition) is 1. The van der Waals surface area contributed by atoms with Gasteiger partial charge in [0.25, 0.3) is 5.69 Å². The van der Waals surface area contributed by atoms with Gasteiger partial charge >= 0.3 is 18.0 Å². The smallest absolute Gasteiger partial charge is 0.320 e. The Balaban J connectivity index is 3.13. The topological polar surface area (TPSA) is 72.2 Å². The zero-order valence-corrected chi connectivity index (χ0v) is 10.9. The molecule has 0 aromatic heterocycles. The molecule has 0 saturated heterocycles. The van der Waals surface area contributed by atoms with Gasteiger partial charge in [0.15, 0.2) is 0 Å². The number of benzene rings is 1. The molecule has 5 nitrogen and oxygen atoms in total. The van der Waals surface area contributed by atoms with Gasteiger partial charge in [-0.15, -0.1) is 0 Å². The lowest BCUT2D eigenvalue weighted by Gasteiger charge is -2.19. The second-order valence-electron chi connectivity index (χ2n) is 3.90. The summed E-state index contributed by atoms with van der Waals surface area (Å²) in [6.07, 6.45) is -6.06. The van der Waals surface area contributed by atoms with Gasteiger partial charge in [0.2, 0.25) is 0 Å². The van der Waals surface area contributed by atoms with Crippen molar-refractivity contribution in [2.45, 2.75) is 19.0 Å². The lowest BCUT2D eigenvalue weighted by Crippen LogP contribution is -2.47. The van der Waals surface area contributed by atoms with Crippen molar-refractivity contribution in [1.29, 1.82) is 0 Å². The van der Waals surface area contributed by atoms with Crippen LogP contribution in [0.3, 0.4) is 0 Å². The number of alkyl halides is 5. The Hall–Kier alpha value is -1.97. The molecule has 0 aliphatic heterocycles. The van der Waals surface area contributed by atoms with Gasteiger partial charge in [-0.2, -0.15) is 22.0 Å². The highest BCUT2D eigenvalue weighted by Gasteiger charge is 2.63. The maximum Gasteiger partial charge on any atom is 0.463 e. The van der Waals surface area contributed by atoms with Gasteiger partial charge < -0.3 is 5.32 Å². The third-order valence-electron chi connectivity index (χ3n) is 2.38. The predicted octanol–water partition coefficient (Wildman–Crippen LogP) is 3.69. The van der Waals surface area contributed by atoms with Crippen molar-refractivity contribution < 1.29 is 31.7 Å². The molecule has 0 aliphatic carbocycles. The molecule has 1 aromatic rings. The van der Waals surface area contributed by atoms with Gasteiger partial charge in [-0.1, -0.05) is 11.6 Å². The molecule has 0 bridgehead atoms. The summed E-state index contributed by atoms with van der Waals surface area (Å²) in [6.45, 7) is 1.17. The predicted molar refractivity (Wildman–Crippen MR) is 62.5 cm³/mol. The maximum atomic E-state index is 12.8.